The molecule has 0 aliphatic heterocycles. The van der Waals surface area contributed by atoms with Crippen molar-refractivity contribution in [3.63, 3.8) is 0 Å². The van der Waals surface area contributed by atoms with Gasteiger partial charge in [-0.2, -0.15) is 0 Å². The lowest BCUT2D eigenvalue weighted by molar-refractivity contribution is 0.420. The lowest BCUT2D eigenvalue weighted by atomic mass is 10.1. The van der Waals surface area contributed by atoms with Crippen LogP contribution in [0.3, 0.4) is 0 Å². The zero-order valence-corrected chi connectivity index (χ0v) is 10.4. The number of methoxy groups -OCH3 is 1. The Morgan fingerprint density at radius 1 is 1.06 bits per heavy atom. The van der Waals surface area contributed by atoms with Crippen molar-refractivity contribution in [1.82, 2.24) is 4.72 Å². The molecule has 0 fully saturated rings. The van der Waals surface area contributed by atoms with Crippen LogP contribution in [0.1, 0.15) is 0 Å². The van der Waals surface area contributed by atoms with E-state index in [0.29, 0.717) is 11.1 Å². The van der Waals surface area contributed by atoms with Gasteiger partial charge in [0.05, 0.1) is 12.0 Å². The van der Waals surface area contributed by atoms with Crippen molar-refractivity contribution in [2.45, 2.75) is 4.90 Å². The highest BCUT2D eigenvalue weighted by atomic mass is 32.2. The summed E-state index contributed by atoms with van der Waals surface area (Å²) in [6, 6.07) is 10.5. The maximum Gasteiger partial charge on any atom is 0.240 e. The molecule has 0 amide bonds. The van der Waals surface area contributed by atoms with Crippen LogP contribution in [0.4, 0.5) is 0 Å². The maximum atomic E-state index is 11.9. The van der Waals surface area contributed by atoms with Gasteiger partial charge in [0, 0.05) is 10.8 Å². The second-order valence-corrected chi connectivity index (χ2v) is 5.37. The molecule has 0 atom stereocenters. The van der Waals surface area contributed by atoms with Crippen LogP contribution >= 0.6 is 0 Å². The molecule has 2 rings (SSSR count). The minimum absolute atomic E-state index is 0.261. The lowest BCUT2D eigenvalue weighted by Crippen LogP contribution is -2.18. The van der Waals surface area contributed by atoms with E-state index in [1.165, 1.54) is 7.05 Å². The van der Waals surface area contributed by atoms with Gasteiger partial charge in [-0.05, 0) is 19.2 Å². The summed E-state index contributed by atoms with van der Waals surface area (Å²) < 4.78 is 31.3. The van der Waals surface area contributed by atoms with Gasteiger partial charge in [-0.1, -0.05) is 24.3 Å². The first-order valence-electron chi connectivity index (χ1n) is 5.09. The van der Waals surface area contributed by atoms with E-state index >= 15 is 0 Å². The number of ether oxygens (including phenoxy) is 1. The standard InChI is InChI=1S/C12H13NO3S/c1-13-17(14,15)12-8-4-5-9-10(12)6-3-7-11(9)16-2/h3-8,13H,1-2H3. The first-order chi connectivity index (χ1) is 8.10. The number of hydrogen-bond donors (Lipinski definition) is 1. The Hall–Kier alpha value is -1.59. The summed E-state index contributed by atoms with van der Waals surface area (Å²) in [6.07, 6.45) is 0. The molecule has 1 N–H and O–H groups in total. The Balaban J connectivity index is 2.84. The minimum Gasteiger partial charge on any atom is -0.496 e. The zero-order valence-electron chi connectivity index (χ0n) is 9.60. The van der Waals surface area contributed by atoms with Crippen LogP contribution in [-0.2, 0) is 10.0 Å². The molecule has 0 aliphatic carbocycles. The number of nitrogens with one attached hydrogen (secondary N) is 1. The highest BCUT2D eigenvalue weighted by Gasteiger charge is 2.15. The van der Waals surface area contributed by atoms with Gasteiger partial charge in [0.2, 0.25) is 10.0 Å². The number of hydrogen-bond acceptors (Lipinski definition) is 3. The maximum absolute atomic E-state index is 11.9. The van der Waals surface area contributed by atoms with Gasteiger partial charge in [-0.3, -0.25) is 0 Å². The molecule has 5 heteroatoms. The van der Waals surface area contributed by atoms with Crippen molar-refractivity contribution in [3.8, 4) is 5.75 Å². The molecule has 17 heavy (non-hydrogen) atoms. The fourth-order valence-corrected chi connectivity index (χ4v) is 2.72. The van der Waals surface area contributed by atoms with Crippen LogP contribution < -0.4 is 9.46 Å². The van der Waals surface area contributed by atoms with E-state index in [1.807, 2.05) is 6.07 Å². The highest BCUT2D eigenvalue weighted by molar-refractivity contribution is 7.89. The van der Waals surface area contributed by atoms with E-state index in [1.54, 1.807) is 37.4 Å². The van der Waals surface area contributed by atoms with Gasteiger partial charge in [0.1, 0.15) is 5.75 Å². The first-order valence-corrected chi connectivity index (χ1v) is 6.58. The Labute approximate surface area is 100 Å². The molecule has 0 spiro atoms. The van der Waals surface area contributed by atoms with Gasteiger partial charge in [-0.25, -0.2) is 13.1 Å². The van der Waals surface area contributed by atoms with Crippen molar-refractivity contribution in [2.24, 2.45) is 0 Å². The smallest absolute Gasteiger partial charge is 0.240 e. The molecule has 0 aromatic heterocycles. The zero-order chi connectivity index (χ0) is 12.5. The van der Waals surface area contributed by atoms with Crippen LogP contribution in [0.25, 0.3) is 10.8 Å². The fourth-order valence-electron chi connectivity index (χ4n) is 1.77. The molecule has 0 radical (unpaired) electrons. The highest BCUT2D eigenvalue weighted by Crippen LogP contribution is 2.29. The summed E-state index contributed by atoms with van der Waals surface area (Å²) in [5.74, 6) is 0.663. The van der Waals surface area contributed by atoms with Crippen molar-refractivity contribution >= 4 is 20.8 Å². The SMILES string of the molecule is CNS(=O)(=O)c1cccc2c(OC)cccc12. The van der Waals surface area contributed by atoms with Crippen molar-refractivity contribution < 1.29 is 13.2 Å². The average Bonchev–Trinajstić information content (AvgIpc) is 2.37. The van der Waals surface area contributed by atoms with Crippen LogP contribution in [0.15, 0.2) is 41.3 Å². The summed E-state index contributed by atoms with van der Waals surface area (Å²) in [7, 11) is -0.495. The molecule has 0 aliphatic rings. The quantitative estimate of drug-likeness (QED) is 0.904. The van der Waals surface area contributed by atoms with E-state index in [4.69, 9.17) is 4.74 Å². The normalized spacial score (nSPS) is 11.6. The topological polar surface area (TPSA) is 55.4 Å². The second kappa shape index (κ2) is 4.35. The van der Waals surface area contributed by atoms with Crippen molar-refractivity contribution in [1.29, 1.82) is 0 Å². The third-order valence-electron chi connectivity index (χ3n) is 2.62. The molecule has 0 saturated carbocycles. The van der Waals surface area contributed by atoms with Gasteiger partial charge in [-0.15, -0.1) is 0 Å². The third kappa shape index (κ3) is 1.99. The fraction of sp³-hybridized carbons (Fsp3) is 0.167. The van der Waals surface area contributed by atoms with E-state index in [0.717, 1.165) is 5.39 Å². The number of sulfonamides is 1. The van der Waals surface area contributed by atoms with Crippen LogP contribution in [0.5, 0.6) is 5.75 Å². The molecule has 2 aromatic rings. The predicted molar refractivity (Wildman–Crippen MR) is 66.7 cm³/mol. The van der Waals surface area contributed by atoms with E-state index in [2.05, 4.69) is 4.72 Å². The molecule has 0 unspecified atom stereocenters. The number of benzene rings is 2. The Morgan fingerprint density at radius 3 is 2.35 bits per heavy atom. The summed E-state index contributed by atoms with van der Waals surface area (Å²) in [4.78, 5) is 0.261. The van der Waals surface area contributed by atoms with Gasteiger partial charge < -0.3 is 4.74 Å². The van der Waals surface area contributed by atoms with Crippen LogP contribution in [0.2, 0.25) is 0 Å². The molecule has 2 aromatic carbocycles. The predicted octanol–water partition coefficient (Wildman–Crippen LogP) is 1.76. The lowest BCUT2D eigenvalue weighted by Gasteiger charge is -2.09. The molecule has 90 valence electrons. The Kier molecular flexibility index (Phi) is 3.04. The third-order valence-corrected chi connectivity index (χ3v) is 4.09. The molecular formula is C12H13NO3S. The van der Waals surface area contributed by atoms with Crippen molar-refractivity contribution in [2.75, 3.05) is 14.2 Å². The van der Waals surface area contributed by atoms with Crippen LogP contribution in [0, 0.1) is 0 Å². The van der Waals surface area contributed by atoms with Gasteiger partial charge in [0.25, 0.3) is 0 Å². The molecule has 4 nitrogen and oxygen atoms in total. The molecule has 0 saturated heterocycles. The summed E-state index contributed by atoms with van der Waals surface area (Å²) in [5, 5.41) is 1.44. The second-order valence-electron chi connectivity index (χ2n) is 3.52. The average molecular weight is 251 g/mol. The summed E-state index contributed by atoms with van der Waals surface area (Å²) in [6.45, 7) is 0. The minimum atomic E-state index is -3.46. The number of rotatable bonds is 3. The largest absolute Gasteiger partial charge is 0.496 e. The monoisotopic (exact) mass is 251 g/mol. The van der Waals surface area contributed by atoms with E-state index in [-0.39, 0.29) is 4.90 Å². The van der Waals surface area contributed by atoms with Gasteiger partial charge in [0.15, 0.2) is 0 Å². The van der Waals surface area contributed by atoms with E-state index < -0.39 is 10.0 Å². The molecule has 0 heterocycles. The molecule has 0 bridgehead atoms. The number of fused-ring (bicyclic) bond motifs is 1. The molecular weight excluding hydrogens is 238 g/mol. The van der Waals surface area contributed by atoms with Crippen LogP contribution in [-0.4, -0.2) is 22.6 Å². The summed E-state index contributed by atoms with van der Waals surface area (Å²) >= 11 is 0. The van der Waals surface area contributed by atoms with Crippen molar-refractivity contribution in [3.05, 3.63) is 36.4 Å². The van der Waals surface area contributed by atoms with Gasteiger partial charge >= 0.3 is 0 Å². The first kappa shape index (κ1) is 11.9. The Morgan fingerprint density at radius 2 is 1.71 bits per heavy atom. The van der Waals surface area contributed by atoms with E-state index in [9.17, 15) is 8.42 Å². The summed E-state index contributed by atoms with van der Waals surface area (Å²) in [5.41, 5.74) is 0. The Bertz CT molecular complexity index is 650.